The van der Waals surface area contributed by atoms with E-state index >= 15 is 0 Å². The van der Waals surface area contributed by atoms with Gasteiger partial charge in [-0.2, -0.15) is 0 Å². The number of hydrogen-bond donors (Lipinski definition) is 1. The summed E-state index contributed by atoms with van der Waals surface area (Å²) in [5, 5.41) is 0. The van der Waals surface area contributed by atoms with E-state index < -0.39 is 10.0 Å². The lowest BCUT2D eigenvalue weighted by atomic mass is 10.3. The molecule has 1 aliphatic rings. The number of fused-ring (bicyclic) bond motifs is 1. The van der Waals surface area contributed by atoms with Crippen molar-refractivity contribution in [3.05, 3.63) is 52.4 Å². The number of pyridine rings is 1. The van der Waals surface area contributed by atoms with Crippen LogP contribution >= 0.6 is 11.3 Å². The maximum absolute atomic E-state index is 12.6. The number of morpholine rings is 1. The molecule has 0 saturated carbocycles. The van der Waals surface area contributed by atoms with Crippen molar-refractivity contribution in [2.75, 3.05) is 31.0 Å². The van der Waals surface area contributed by atoms with Crippen molar-refractivity contribution < 1.29 is 17.9 Å². The molecule has 0 atom stereocenters. The van der Waals surface area contributed by atoms with Crippen LogP contribution in [-0.4, -0.2) is 55.1 Å². The molecule has 0 radical (unpaired) electrons. The van der Waals surface area contributed by atoms with Crippen LogP contribution in [0.25, 0.3) is 10.2 Å². The summed E-state index contributed by atoms with van der Waals surface area (Å²) in [5.41, 5.74) is 0.872. The molecule has 3 aromatic rings. The largest absolute Gasteiger partial charge is 0.378 e. The minimum absolute atomic E-state index is 0.0294. The van der Waals surface area contributed by atoms with Crippen LogP contribution in [0.1, 0.15) is 0 Å². The maximum Gasteiger partial charge on any atom is 0.308 e. The number of aromatic nitrogens is 2. The molecule has 152 valence electrons. The monoisotopic (exact) mass is 434 g/mol. The molecule has 1 saturated heterocycles. The van der Waals surface area contributed by atoms with Gasteiger partial charge in [0.2, 0.25) is 5.91 Å². The number of ether oxygens (including phenoxy) is 1. The summed E-state index contributed by atoms with van der Waals surface area (Å²) in [6, 6.07) is 7.63. The Balaban J connectivity index is 1.61. The fourth-order valence-corrected chi connectivity index (χ4v) is 5.12. The highest BCUT2D eigenvalue weighted by molar-refractivity contribution is 7.92. The quantitative estimate of drug-likeness (QED) is 0.644. The standard InChI is InChI=1S/C18H18N4O5S2/c23-17(21-6-8-27-9-7-21)12-22-15-4-3-14(10-16(15)28-18(22)24)29(25,26)20-13-2-1-5-19-11-13/h1-5,10-11,20H,6-9,12H2. The molecule has 0 spiro atoms. The van der Waals surface area contributed by atoms with Gasteiger partial charge in [0.15, 0.2) is 0 Å². The van der Waals surface area contributed by atoms with Gasteiger partial charge in [-0.25, -0.2) is 8.42 Å². The summed E-state index contributed by atoms with van der Waals surface area (Å²) < 4.78 is 34.8. The second-order valence-electron chi connectivity index (χ2n) is 6.42. The van der Waals surface area contributed by atoms with E-state index in [-0.39, 0.29) is 22.2 Å². The van der Waals surface area contributed by atoms with E-state index in [0.717, 1.165) is 11.3 Å². The topological polar surface area (TPSA) is 111 Å². The first-order chi connectivity index (χ1) is 13.9. The van der Waals surface area contributed by atoms with Gasteiger partial charge in [0.25, 0.3) is 10.0 Å². The lowest BCUT2D eigenvalue weighted by Gasteiger charge is -2.26. The molecule has 3 heterocycles. The van der Waals surface area contributed by atoms with Gasteiger partial charge in [-0.1, -0.05) is 11.3 Å². The molecule has 9 nitrogen and oxygen atoms in total. The van der Waals surface area contributed by atoms with E-state index in [0.29, 0.717) is 42.2 Å². The number of nitrogens with one attached hydrogen (secondary N) is 1. The Bertz CT molecular complexity index is 1200. The van der Waals surface area contributed by atoms with Crippen molar-refractivity contribution >= 4 is 43.2 Å². The molecular weight excluding hydrogens is 416 g/mol. The Morgan fingerprint density at radius 2 is 2.03 bits per heavy atom. The van der Waals surface area contributed by atoms with Gasteiger partial charge in [-0.05, 0) is 30.3 Å². The molecule has 1 N–H and O–H groups in total. The van der Waals surface area contributed by atoms with Crippen molar-refractivity contribution in [2.24, 2.45) is 0 Å². The third-order valence-electron chi connectivity index (χ3n) is 4.52. The molecule has 11 heteroatoms. The van der Waals surface area contributed by atoms with Crippen LogP contribution in [-0.2, 0) is 26.1 Å². The summed E-state index contributed by atoms with van der Waals surface area (Å²) in [7, 11) is -3.83. The van der Waals surface area contributed by atoms with Crippen molar-refractivity contribution in [1.82, 2.24) is 14.5 Å². The lowest BCUT2D eigenvalue weighted by Crippen LogP contribution is -2.43. The van der Waals surface area contributed by atoms with Crippen molar-refractivity contribution in [3.63, 3.8) is 0 Å². The van der Waals surface area contributed by atoms with Crippen LogP contribution in [0.4, 0.5) is 5.69 Å². The SMILES string of the molecule is O=C(Cn1c(=O)sc2cc(S(=O)(=O)Nc3cccnc3)ccc21)N1CCOCC1. The summed E-state index contributed by atoms with van der Waals surface area (Å²) in [6.45, 7) is 1.88. The molecule has 0 unspecified atom stereocenters. The van der Waals surface area contributed by atoms with Gasteiger partial charge in [-0.3, -0.25) is 23.9 Å². The predicted molar refractivity (Wildman–Crippen MR) is 109 cm³/mol. The van der Waals surface area contributed by atoms with Crippen LogP contribution in [0.2, 0.25) is 0 Å². The second-order valence-corrected chi connectivity index (χ2v) is 9.10. The van der Waals surface area contributed by atoms with E-state index in [1.54, 1.807) is 29.3 Å². The zero-order valence-electron chi connectivity index (χ0n) is 15.3. The number of rotatable bonds is 5. The van der Waals surface area contributed by atoms with Gasteiger partial charge >= 0.3 is 4.87 Å². The minimum atomic E-state index is -3.83. The van der Waals surface area contributed by atoms with Gasteiger partial charge in [0.1, 0.15) is 6.54 Å². The van der Waals surface area contributed by atoms with Crippen molar-refractivity contribution in [3.8, 4) is 0 Å². The summed E-state index contributed by atoms with van der Waals surface area (Å²) in [6.07, 6.45) is 2.95. The first-order valence-corrected chi connectivity index (χ1v) is 11.2. The van der Waals surface area contributed by atoms with Gasteiger partial charge in [0.05, 0.1) is 40.2 Å². The molecule has 0 aliphatic carbocycles. The third kappa shape index (κ3) is 4.16. The fraction of sp³-hybridized carbons (Fsp3) is 0.278. The average Bonchev–Trinajstić information content (AvgIpc) is 3.03. The first kappa shape index (κ1) is 19.6. The number of carbonyl (C=O) groups is 1. The highest BCUT2D eigenvalue weighted by atomic mass is 32.2. The first-order valence-electron chi connectivity index (χ1n) is 8.86. The highest BCUT2D eigenvalue weighted by Gasteiger charge is 2.21. The molecule has 1 aliphatic heterocycles. The van der Waals surface area contributed by atoms with E-state index in [1.807, 2.05) is 0 Å². The maximum atomic E-state index is 12.6. The third-order valence-corrected chi connectivity index (χ3v) is 6.84. The van der Waals surface area contributed by atoms with Crippen LogP contribution in [0.15, 0.2) is 52.4 Å². The van der Waals surface area contributed by atoms with Gasteiger partial charge < -0.3 is 9.64 Å². The van der Waals surface area contributed by atoms with E-state index in [4.69, 9.17) is 4.74 Å². The molecule has 29 heavy (non-hydrogen) atoms. The fourth-order valence-electron chi connectivity index (χ4n) is 3.05. The molecule has 1 fully saturated rings. The summed E-state index contributed by atoms with van der Waals surface area (Å²) in [5.74, 6) is -0.162. The molecule has 4 rings (SSSR count). The second kappa shape index (κ2) is 7.93. The van der Waals surface area contributed by atoms with Gasteiger partial charge in [-0.15, -0.1) is 0 Å². The molecule has 2 aromatic heterocycles. The number of benzene rings is 1. The van der Waals surface area contributed by atoms with Crippen LogP contribution < -0.4 is 9.60 Å². The summed E-state index contributed by atoms with van der Waals surface area (Å²) in [4.78, 5) is 30.2. The predicted octanol–water partition coefficient (Wildman–Crippen LogP) is 1.12. The molecular formula is C18H18N4O5S2. The number of hydrogen-bond acceptors (Lipinski definition) is 7. The Hall–Kier alpha value is -2.76. The lowest BCUT2D eigenvalue weighted by molar-refractivity contribution is -0.135. The van der Waals surface area contributed by atoms with E-state index in [9.17, 15) is 18.0 Å². The number of nitrogens with zero attached hydrogens (tertiary/aromatic N) is 3. The number of carbonyl (C=O) groups excluding carboxylic acids is 1. The number of thiazole rings is 1. The van der Waals surface area contributed by atoms with Gasteiger partial charge in [0, 0.05) is 19.3 Å². The van der Waals surface area contributed by atoms with Crippen LogP contribution in [0.3, 0.4) is 0 Å². The number of amides is 1. The number of sulfonamides is 1. The Morgan fingerprint density at radius 1 is 1.24 bits per heavy atom. The van der Waals surface area contributed by atoms with Crippen molar-refractivity contribution in [1.29, 1.82) is 0 Å². The van der Waals surface area contributed by atoms with Crippen LogP contribution in [0, 0.1) is 0 Å². The Kier molecular flexibility index (Phi) is 5.35. The minimum Gasteiger partial charge on any atom is -0.378 e. The number of anilines is 1. The normalized spacial score (nSPS) is 14.8. The van der Waals surface area contributed by atoms with Crippen molar-refractivity contribution in [2.45, 2.75) is 11.4 Å². The highest BCUT2D eigenvalue weighted by Crippen LogP contribution is 2.23. The van der Waals surface area contributed by atoms with E-state index in [1.165, 1.54) is 22.9 Å². The van der Waals surface area contributed by atoms with Crippen LogP contribution in [0.5, 0.6) is 0 Å². The molecule has 0 bridgehead atoms. The smallest absolute Gasteiger partial charge is 0.308 e. The summed E-state index contributed by atoms with van der Waals surface area (Å²) >= 11 is 0.911. The zero-order valence-corrected chi connectivity index (χ0v) is 16.9. The zero-order chi connectivity index (χ0) is 20.4. The Labute approximate surface area is 170 Å². The molecule has 1 aromatic carbocycles. The Morgan fingerprint density at radius 3 is 2.76 bits per heavy atom. The average molecular weight is 434 g/mol. The molecule has 1 amide bonds. The van der Waals surface area contributed by atoms with E-state index in [2.05, 4.69) is 9.71 Å².